The van der Waals surface area contributed by atoms with Crippen LogP contribution in [0.1, 0.15) is 29.1 Å². The van der Waals surface area contributed by atoms with Crippen molar-refractivity contribution in [2.75, 3.05) is 13.7 Å². The van der Waals surface area contributed by atoms with Crippen molar-refractivity contribution in [3.8, 4) is 0 Å². The number of para-hydroxylation sites is 1. The smallest absolute Gasteiger partial charge is 0.261 e. The lowest BCUT2D eigenvalue weighted by molar-refractivity contribution is 0.0933. The van der Waals surface area contributed by atoms with Gasteiger partial charge in [-0.05, 0) is 31.2 Å². The molecule has 1 N–H and O–H groups in total. The maximum Gasteiger partial charge on any atom is 0.261 e. The molecule has 1 amide bonds. The zero-order chi connectivity index (χ0) is 19.4. The van der Waals surface area contributed by atoms with E-state index in [2.05, 4.69) is 10.3 Å². The Hall–Kier alpha value is -3.06. The third-order valence-corrected chi connectivity index (χ3v) is 4.26. The fourth-order valence-electron chi connectivity index (χ4n) is 2.90. The van der Waals surface area contributed by atoms with E-state index in [9.17, 15) is 14.0 Å². The molecule has 6 nitrogen and oxygen atoms in total. The largest absolute Gasteiger partial charge is 0.383 e. The van der Waals surface area contributed by atoms with Crippen molar-refractivity contribution in [3.05, 3.63) is 76.1 Å². The van der Waals surface area contributed by atoms with Crippen LogP contribution in [-0.2, 0) is 11.3 Å². The number of nitrogens with zero attached hydrogens (tertiary/aromatic N) is 2. The van der Waals surface area contributed by atoms with E-state index in [1.807, 2.05) is 0 Å². The molecule has 1 atom stereocenters. The van der Waals surface area contributed by atoms with E-state index < -0.39 is 17.8 Å². The molecule has 0 spiro atoms. The summed E-state index contributed by atoms with van der Waals surface area (Å²) in [5.74, 6) is -0.785. The molecule has 2 aromatic carbocycles. The summed E-state index contributed by atoms with van der Waals surface area (Å²) in [5, 5.41) is 3.21. The average molecular weight is 369 g/mol. The molecule has 0 radical (unpaired) electrons. The zero-order valence-electron chi connectivity index (χ0n) is 15.1. The Morgan fingerprint density at radius 1 is 1.22 bits per heavy atom. The second kappa shape index (κ2) is 8.09. The van der Waals surface area contributed by atoms with Crippen molar-refractivity contribution in [2.24, 2.45) is 0 Å². The summed E-state index contributed by atoms with van der Waals surface area (Å²) in [6.45, 7) is 2.32. The minimum Gasteiger partial charge on any atom is -0.383 e. The lowest BCUT2D eigenvalue weighted by Gasteiger charge is -2.19. The predicted molar refractivity (Wildman–Crippen MR) is 100 cm³/mol. The molecule has 7 heteroatoms. The Morgan fingerprint density at radius 2 is 1.93 bits per heavy atom. The van der Waals surface area contributed by atoms with Crippen LogP contribution in [0, 0.1) is 5.82 Å². The molecular weight excluding hydrogens is 349 g/mol. The van der Waals surface area contributed by atoms with Crippen molar-refractivity contribution < 1.29 is 13.9 Å². The predicted octanol–water partition coefficient (Wildman–Crippen LogP) is 2.67. The molecule has 1 unspecified atom stereocenters. The molecular formula is C20H20FN3O3. The standard InChI is InChI=1S/C20H20FN3O3/c1-13(22-19(25)14-7-3-5-9-16(14)21)18-23-17-10-6-4-8-15(17)20(26)24(18)11-12-27-2/h3-10,13H,11-12H2,1-2H3,(H,22,25). The lowest BCUT2D eigenvalue weighted by Crippen LogP contribution is -2.34. The number of nitrogens with one attached hydrogen (secondary N) is 1. The van der Waals surface area contributed by atoms with Gasteiger partial charge in [-0.15, -0.1) is 0 Å². The highest BCUT2D eigenvalue weighted by atomic mass is 19.1. The first-order chi connectivity index (χ1) is 13.0. The van der Waals surface area contributed by atoms with Crippen molar-refractivity contribution in [3.63, 3.8) is 0 Å². The number of ether oxygens (including phenoxy) is 1. The third-order valence-electron chi connectivity index (χ3n) is 4.26. The maximum absolute atomic E-state index is 13.9. The van der Waals surface area contributed by atoms with Crippen molar-refractivity contribution in [1.29, 1.82) is 0 Å². The highest BCUT2D eigenvalue weighted by Crippen LogP contribution is 2.15. The molecule has 3 rings (SSSR count). The molecule has 27 heavy (non-hydrogen) atoms. The van der Waals surface area contributed by atoms with Crippen LogP contribution in [0.2, 0.25) is 0 Å². The number of fused-ring (bicyclic) bond motifs is 1. The van der Waals surface area contributed by atoms with Gasteiger partial charge in [-0.3, -0.25) is 14.2 Å². The normalized spacial score (nSPS) is 12.1. The van der Waals surface area contributed by atoms with Gasteiger partial charge in [-0.2, -0.15) is 0 Å². The van der Waals surface area contributed by atoms with Crippen LogP contribution in [0.5, 0.6) is 0 Å². The van der Waals surface area contributed by atoms with Gasteiger partial charge >= 0.3 is 0 Å². The maximum atomic E-state index is 13.9. The van der Waals surface area contributed by atoms with Crippen molar-refractivity contribution in [2.45, 2.75) is 19.5 Å². The average Bonchev–Trinajstić information content (AvgIpc) is 2.67. The number of amides is 1. The summed E-state index contributed by atoms with van der Waals surface area (Å²) in [7, 11) is 1.54. The number of methoxy groups -OCH3 is 1. The quantitative estimate of drug-likeness (QED) is 0.725. The Labute approximate surface area is 155 Å². The number of hydrogen-bond acceptors (Lipinski definition) is 4. The highest BCUT2D eigenvalue weighted by Gasteiger charge is 2.20. The van der Waals surface area contributed by atoms with Crippen LogP contribution in [0.15, 0.2) is 53.3 Å². The number of carbonyl (C=O) groups excluding carboxylic acids is 1. The van der Waals surface area contributed by atoms with Gasteiger partial charge in [0.05, 0.1) is 35.7 Å². The third kappa shape index (κ3) is 3.88. The second-order valence-corrected chi connectivity index (χ2v) is 6.11. The van der Waals surface area contributed by atoms with Crippen LogP contribution in [0.3, 0.4) is 0 Å². The van der Waals surface area contributed by atoms with Gasteiger partial charge in [-0.25, -0.2) is 9.37 Å². The summed E-state index contributed by atoms with van der Waals surface area (Å²) in [4.78, 5) is 29.9. The molecule has 0 fully saturated rings. The van der Waals surface area contributed by atoms with Crippen LogP contribution in [-0.4, -0.2) is 29.2 Å². The minimum absolute atomic E-state index is 0.0593. The topological polar surface area (TPSA) is 73.2 Å². The van der Waals surface area contributed by atoms with Gasteiger partial charge in [0, 0.05) is 7.11 Å². The van der Waals surface area contributed by atoms with Gasteiger partial charge in [0.15, 0.2) is 0 Å². The summed E-state index contributed by atoms with van der Waals surface area (Å²) in [6.07, 6.45) is 0. The number of benzene rings is 2. The number of carbonyl (C=O) groups is 1. The van der Waals surface area contributed by atoms with E-state index in [0.717, 1.165) is 0 Å². The van der Waals surface area contributed by atoms with Gasteiger partial charge in [0.2, 0.25) is 0 Å². The van der Waals surface area contributed by atoms with Crippen LogP contribution in [0.25, 0.3) is 10.9 Å². The molecule has 140 valence electrons. The monoisotopic (exact) mass is 369 g/mol. The molecule has 0 saturated heterocycles. The first kappa shape index (κ1) is 18.7. The molecule has 1 aromatic heterocycles. The van der Waals surface area contributed by atoms with E-state index >= 15 is 0 Å². The summed E-state index contributed by atoms with van der Waals surface area (Å²) in [5.41, 5.74) is 0.272. The van der Waals surface area contributed by atoms with Crippen molar-refractivity contribution in [1.82, 2.24) is 14.9 Å². The van der Waals surface area contributed by atoms with Crippen LogP contribution >= 0.6 is 0 Å². The lowest BCUT2D eigenvalue weighted by atomic mass is 10.1. The summed E-state index contributed by atoms with van der Waals surface area (Å²) in [6, 6.07) is 12.1. The van der Waals surface area contributed by atoms with E-state index in [4.69, 9.17) is 4.74 Å². The minimum atomic E-state index is -0.606. The highest BCUT2D eigenvalue weighted by molar-refractivity contribution is 5.94. The number of halogens is 1. The Balaban J connectivity index is 2.00. The Bertz CT molecular complexity index is 1030. The van der Waals surface area contributed by atoms with E-state index in [1.54, 1.807) is 44.4 Å². The van der Waals surface area contributed by atoms with Gasteiger partial charge in [0.1, 0.15) is 11.6 Å². The second-order valence-electron chi connectivity index (χ2n) is 6.11. The molecule has 3 aromatic rings. The first-order valence-corrected chi connectivity index (χ1v) is 8.56. The number of aromatic nitrogens is 2. The Morgan fingerprint density at radius 3 is 2.67 bits per heavy atom. The summed E-state index contributed by atoms with van der Waals surface area (Å²) < 4.78 is 20.4. The molecule has 1 heterocycles. The molecule has 0 aliphatic heterocycles. The van der Waals surface area contributed by atoms with Crippen LogP contribution in [0.4, 0.5) is 4.39 Å². The summed E-state index contributed by atoms with van der Waals surface area (Å²) >= 11 is 0. The first-order valence-electron chi connectivity index (χ1n) is 8.56. The molecule has 0 aliphatic carbocycles. The molecule has 0 bridgehead atoms. The van der Waals surface area contributed by atoms with E-state index in [1.165, 1.54) is 22.8 Å². The number of rotatable bonds is 6. The Kier molecular flexibility index (Phi) is 5.61. The van der Waals surface area contributed by atoms with E-state index in [0.29, 0.717) is 29.9 Å². The fraction of sp³-hybridized carbons (Fsp3) is 0.250. The molecule has 0 aliphatic rings. The van der Waals surface area contributed by atoms with Gasteiger partial charge < -0.3 is 10.1 Å². The fourth-order valence-corrected chi connectivity index (χ4v) is 2.90. The molecule has 0 saturated carbocycles. The zero-order valence-corrected chi connectivity index (χ0v) is 15.1. The number of hydrogen-bond donors (Lipinski definition) is 1. The van der Waals surface area contributed by atoms with E-state index in [-0.39, 0.29) is 11.1 Å². The van der Waals surface area contributed by atoms with Crippen LogP contribution < -0.4 is 10.9 Å². The SMILES string of the molecule is COCCn1c(C(C)NC(=O)c2ccccc2F)nc2ccccc2c1=O. The van der Waals surface area contributed by atoms with Gasteiger partial charge in [0.25, 0.3) is 11.5 Å². The van der Waals surface area contributed by atoms with Gasteiger partial charge in [-0.1, -0.05) is 24.3 Å². The van der Waals surface area contributed by atoms with Crippen molar-refractivity contribution >= 4 is 16.8 Å².